The predicted molar refractivity (Wildman–Crippen MR) is 105 cm³/mol. The van der Waals surface area contributed by atoms with Crippen LogP contribution < -0.4 is 10.6 Å². The van der Waals surface area contributed by atoms with E-state index in [9.17, 15) is 14.7 Å². The summed E-state index contributed by atoms with van der Waals surface area (Å²) in [6.07, 6.45) is 3.34. The first-order chi connectivity index (χ1) is 12.5. The Morgan fingerprint density at radius 2 is 1.81 bits per heavy atom. The van der Waals surface area contributed by atoms with Gasteiger partial charge in [-0.1, -0.05) is 57.5 Å². The van der Waals surface area contributed by atoms with Crippen LogP contribution in [0.3, 0.4) is 0 Å². The molecule has 0 aromatic heterocycles. The minimum Gasteiger partial charge on any atom is -0.396 e. The molecule has 1 aromatic rings. The average molecular weight is 363 g/mol. The third-order valence-corrected chi connectivity index (χ3v) is 4.34. The van der Waals surface area contributed by atoms with Crippen molar-refractivity contribution >= 4 is 11.8 Å². The van der Waals surface area contributed by atoms with Crippen molar-refractivity contribution in [3.8, 4) is 0 Å². The molecule has 5 nitrogen and oxygen atoms in total. The summed E-state index contributed by atoms with van der Waals surface area (Å²) in [6.45, 7) is 6.93. The average Bonchev–Trinajstić information content (AvgIpc) is 2.59. The fourth-order valence-corrected chi connectivity index (χ4v) is 3.10. The fraction of sp³-hybridized carbons (Fsp3) is 0.619. The minimum absolute atomic E-state index is 0.124. The Hall–Kier alpha value is -1.88. The van der Waals surface area contributed by atoms with Gasteiger partial charge in [0.25, 0.3) is 0 Å². The number of carbonyl (C=O) groups excluding carboxylic acids is 2. The lowest BCUT2D eigenvalue weighted by Crippen LogP contribution is -2.48. The van der Waals surface area contributed by atoms with Gasteiger partial charge in [-0.2, -0.15) is 0 Å². The molecular weight excluding hydrogens is 328 g/mol. The lowest BCUT2D eigenvalue weighted by molar-refractivity contribution is -0.129. The molecule has 146 valence electrons. The van der Waals surface area contributed by atoms with Gasteiger partial charge in [-0.25, -0.2) is 0 Å². The van der Waals surface area contributed by atoms with Crippen molar-refractivity contribution in [1.82, 2.24) is 10.6 Å². The molecule has 2 atom stereocenters. The highest BCUT2D eigenvalue weighted by atomic mass is 16.3. The smallest absolute Gasteiger partial charge is 0.242 e. The van der Waals surface area contributed by atoms with Crippen LogP contribution in [0.15, 0.2) is 30.3 Å². The zero-order valence-electron chi connectivity index (χ0n) is 16.3. The molecule has 1 aromatic carbocycles. The van der Waals surface area contributed by atoms with Gasteiger partial charge in [0.15, 0.2) is 0 Å². The topological polar surface area (TPSA) is 78.4 Å². The van der Waals surface area contributed by atoms with Crippen molar-refractivity contribution in [2.45, 2.75) is 58.9 Å². The summed E-state index contributed by atoms with van der Waals surface area (Å²) >= 11 is 0. The molecule has 0 aliphatic rings. The van der Waals surface area contributed by atoms with Gasteiger partial charge in [-0.3, -0.25) is 9.59 Å². The predicted octanol–water partition coefficient (Wildman–Crippen LogP) is 2.67. The molecule has 0 aliphatic heterocycles. The van der Waals surface area contributed by atoms with Crippen molar-refractivity contribution < 1.29 is 14.7 Å². The number of amides is 2. The highest BCUT2D eigenvalue weighted by Gasteiger charge is 2.21. The number of rotatable bonds is 12. The molecule has 0 unspecified atom stereocenters. The van der Waals surface area contributed by atoms with E-state index in [0.29, 0.717) is 25.3 Å². The molecule has 0 fully saturated rings. The summed E-state index contributed by atoms with van der Waals surface area (Å²) in [4.78, 5) is 24.8. The fourth-order valence-electron chi connectivity index (χ4n) is 3.10. The van der Waals surface area contributed by atoms with E-state index in [2.05, 4.69) is 24.5 Å². The van der Waals surface area contributed by atoms with E-state index in [-0.39, 0.29) is 30.8 Å². The van der Waals surface area contributed by atoms with Crippen molar-refractivity contribution in [3.05, 3.63) is 35.9 Å². The first-order valence-electron chi connectivity index (χ1n) is 9.68. The van der Waals surface area contributed by atoms with E-state index in [0.717, 1.165) is 18.4 Å². The van der Waals surface area contributed by atoms with Gasteiger partial charge in [0, 0.05) is 13.2 Å². The van der Waals surface area contributed by atoms with Gasteiger partial charge in [-0.15, -0.1) is 0 Å². The van der Waals surface area contributed by atoms with E-state index >= 15 is 0 Å². The first kappa shape index (κ1) is 22.2. The SMILES string of the molecule is CCC[C@@H](NC(=O)Cc1ccccc1)C(=O)NC[C@H](CCO)CC(C)C. The van der Waals surface area contributed by atoms with Gasteiger partial charge in [0.1, 0.15) is 6.04 Å². The second kappa shape index (κ2) is 12.5. The molecule has 0 spiro atoms. The zero-order valence-corrected chi connectivity index (χ0v) is 16.3. The van der Waals surface area contributed by atoms with Crippen LogP contribution in [0.5, 0.6) is 0 Å². The normalized spacial score (nSPS) is 13.3. The first-order valence-corrected chi connectivity index (χ1v) is 9.68. The van der Waals surface area contributed by atoms with Crippen LogP contribution in [0.4, 0.5) is 0 Å². The van der Waals surface area contributed by atoms with Crippen LogP contribution in [0.1, 0.15) is 52.0 Å². The largest absolute Gasteiger partial charge is 0.396 e. The van der Waals surface area contributed by atoms with Crippen molar-refractivity contribution in [1.29, 1.82) is 0 Å². The molecule has 2 amide bonds. The second-order valence-corrected chi connectivity index (χ2v) is 7.32. The number of hydrogen-bond acceptors (Lipinski definition) is 3. The summed E-state index contributed by atoms with van der Waals surface area (Å²) < 4.78 is 0. The lowest BCUT2D eigenvalue weighted by Gasteiger charge is -2.22. The number of nitrogens with one attached hydrogen (secondary N) is 2. The summed E-state index contributed by atoms with van der Waals surface area (Å²) in [5.41, 5.74) is 0.931. The molecule has 0 bridgehead atoms. The highest BCUT2D eigenvalue weighted by Crippen LogP contribution is 2.14. The molecule has 3 N–H and O–H groups in total. The molecule has 26 heavy (non-hydrogen) atoms. The third kappa shape index (κ3) is 8.99. The van der Waals surface area contributed by atoms with Gasteiger partial charge in [0.05, 0.1) is 6.42 Å². The Kier molecular flexibility index (Phi) is 10.6. The number of carbonyl (C=O) groups is 2. The molecule has 1 rings (SSSR count). The summed E-state index contributed by atoms with van der Waals surface area (Å²) in [6, 6.07) is 9.00. The lowest BCUT2D eigenvalue weighted by atomic mass is 9.94. The molecular formula is C21H34N2O3. The summed E-state index contributed by atoms with van der Waals surface area (Å²) in [7, 11) is 0. The molecule has 5 heteroatoms. The van der Waals surface area contributed by atoms with E-state index in [1.165, 1.54) is 0 Å². The second-order valence-electron chi connectivity index (χ2n) is 7.32. The number of aliphatic hydroxyl groups is 1. The van der Waals surface area contributed by atoms with Crippen LogP contribution in [0.2, 0.25) is 0 Å². The Bertz CT molecular complexity index is 531. The van der Waals surface area contributed by atoms with Gasteiger partial charge in [0.2, 0.25) is 11.8 Å². The van der Waals surface area contributed by atoms with Gasteiger partial charge >= 0.3 is 0 Å². The Balaban J connectivity index is 2.55. The Morgan fingerprint density at radius 1 is 1.12 bits per heavy atom. The maximum atomic E-state index is 12.5. The standard InChI is InChI=1S/C21H34N2O3/c1-4-8-19(23-20(25)14-17-9-6-5-7-10-17)21(26)22-15-18(11-12-24)13-16(2)3/h5-7,9-10,16,18-19,24H,4,8,11-15H2,1-3H3,(H,22,26)(H,23,25)/t18-,19-/m1/s1. The molecule has 0 radical (unpaired) electrons. The Labute approximate surface area is 157 Å². The van der Waals surface area contributed by atoms with Crippen LogP contribution >= 0.6 is 0 Å². The zero-order chi connectivity index (χ0) is 19.4. The monoisotopic (exact) mass is 362 g/mol. The van der Waals surface area contributed by atoms with Gasteiger partial charge in [-0.05, 0) is 36.7 Å². The van der Waals surface area contributed by atoms with Gasteiger partial charge < -0.3 is 15.7 Å². The van der Waals surface area contributed by atoms with Crippen LogP contribution in [-0.4, -0.2) is 36.1 Å². The maximum absolute atomic E-state index is 12.5. The van der Waals surface area contributed by atoms with E-state index in [1.54, 1.807) is 0 Å². The van der Waals surface area contributed by atoms with Crippen molar-refractivity contribution in [2.24, 2.45) is 11.8 Å². The minimum atomic E-state index is -0.509. The van der Waals surface area contributed by atoms with Crippen molar-refractivity contribution in [2.75, 3.05) is 13.2 Å². The molecule has 0 heterocycles. The van der Waals surface area contributed by atoms with Crippen molar-refractivity contribution in [3.63, 3.8) is 0 Å². The van der Waals surface area contributed by atoms with Crippen LogP contribution in [-0.2, 0) is 16.0 Å². The van der Waals surface area contributed by atoms with E-state index in [1.807, 2.05) is 37.3 Å². The highest BCUT2D eigenvalue weighted by molar-refractivity contribution is 5.88. The summed E-state index contributed by atoms with van der Waals surface area (Å²) in [5.74, 6) is 0.491. The van der Waals surface area contributed by atoms with Crippen LogP contribution in [0, 0.1) is 11.8 Å². The number of aliphatic hydroxyl groups excluding tert-OH is 1. The van der Waals surface area contributed by atoms with E-state index < -0.39 is 6.04 Å². The third-order valence-electron chi connectivity index (χ3n) is 4.34. The molecule has 0 aliphatic carbocycles. The molecule has 0 saturated carbocycles. The Morgan fingerprint density at radius 3 is 2.38 bits per heavy atom. The number of hydrogen-bond donors (Lipinski definition) is 3. The maximum Gasteiger partial charge on any atom is 0.242 e. The number of benzene rings is 1. The molecule has 0 saturated heterocycles. The quantitative estimate of drug-likeness (QED) is 0.535. The van der Waals surface area contributed by atoms with Crippen LogP contribution in [0.25, 0.3) is 0 Å². The summed E-state index contributed by atoms with van der Waals surface area (Å²) in [5, 5.41) is 15.0. The van der Waals surface area contributed by atoms with E-state index in [4.69, 9.17) is 0 Å².